The standard InChI is InChI=1S/C12H19N3O/c1-9-4-6-10(7-5-9)15(3)12(16)11(8-13)14-2/h4-7,11,14H,8,13H2,1-3H3. The molecule has 0 saturated carbocycles. The minimum atomic E-state index is -0.327. The molecule has 3 N–H and O–H groups in total. The third-order valence-corrected chi connectivity index (χ3v) is 2.63. The Morgan fingerprint density at radius 2 is 2.00 bits per heavy atom. The van der Waals surface area contributed by atoms with E-state index in [-0.39, 0.29) is 11.9 Å². The van der Waals surface area contributed by atoms with E-state index in [0.29, 0.717) is 6.54 Å². The predicted molar refractivity (Wildman–Crippen MR) is 66.5 cm³/mol. The number of likely N-dealkylation sites (N-methyl/N-ethyl adjacent to an activating group) is 2. The molecular weight excluding hydrogens is 202 g/mol. The first-order valence-corrected chi connectivity index (χ1v) is 5.31. The molecule has 4 heteroatoms. The van der Waals surface area contributed by atoms with Gasteiger partial charge >= 0.3 is 0 Å². The number of carbonyl (C=O) groups is 1. The van der Waals surface area contributed by atoms with E-state index in [9.17, 15) is 4.79 Å². The third kappa shape index (κ3) is 2.81. The molecule has 0 radical (unpaired) electrons. The van der Waals surface area contributed by atoms with Gasteiger partial charge in [0, 0.05) is 19.3 Å². The van der Waals surface area contributed by atoms with Crippen LogP contribution in [0.5, 0.6) is 0 Å². The molecule has 1 aromatic rings. The third-order valence-electron chi connectivity index (χ3n) is 2.63. The summed E-state index contributed by atoms with van der Waals surface area (Å²) in [7, 11) is 3.49. The molecule has 0 fully saturated rings. The first kappa shape index (κ1) is 12.7. The fourth-order valence-electron chi connectivity index (χ4n) is 1.47. The van der Waals surface area contributed by atoms with E-state index >= 15 is 0 Å². The second-order valence-corrected chi connectivity index (χ2v) is 3.81. The van der Waals surface area contributed by atoms with E-state index in [2.05, 4.69) is 5.32 Å². The van der Waals surface area contributed by atoms with Crippen LogP contribution in [0.4, 0.5) is 5.69 Å². The summed E-state index contributed by atoms with van der Waals surface area (Å²) in [4.78, 5) is 13.6. The molecule has 0 aliphatic rings. The van der Waals surface area contributed by atoms with Gasteiger partial charge in [-0.3, -0.25) is 4.79 Å². The molecule has 1 atom stereocenters. The first-order valence-electron chi connectivity index (χ1n) is 5.31. The van der Waals surface area contributed by atoms with E-state index in [4.69, 9.17) is 5.73 Å². The molecule has 0 aliphatic heterocycles. The number of carbonyl (C=O) groups excluding carboxylic acids is 1. The molecule has 0 spiro atoms. The Hall–Kier alpha value is -1.39. The molecule has 88 valence electrons. The smallest absolute Gasteiger partial charge is 0.245 e. The average molecular weight is 221 g/mol. The topological polar surface area (TPSA) is 58.4 Å². The summed E-state index contributed by atoms with van der Waals surface area (Å²) in [5.41, 5.74) is 7.57. The lowest BCUT2D eigenvalue weighted by atomic mass is 10.2. The molecule has 4 nitrogen and oxygen atoms in total. The van der Waals surface area contributed by atoms with Crippen LogP contribution in [0.15, 0.2) is 24.3 Å². The van der Waals surface area contributed by atoms with E-state index in [0.717, 1.165) is 5.69 Å². The van der Waals surface area contributed by atoms with Crippen LogP contribution in [-0.2, 0) is 4.79 Å². The van der Waals surface area contributed by atoms with Crippen molar-refractivity contribution in [2.75, 3.05) is 25.5 Å². The molecule has 0 saturated heterocycles. The highest BCUT2D eigenvalue weighted by molar-refractivity contribution is 5.96. The van der Waals surface area contributed by atoms with Crippen LogP contribution in [0.1, 0.15) is 5.56 Å². The van der Waals surface area contributed by atoms with Crippen molar-refractivity contribution in [1.82, 2.24) is 5.32 Å². The zero-order chi connectivity index (χ0) is 12.1. The molecule has 1 aromatic carbocycles. The zero-order valence-electron chi connectivity index (χ0n) is 10.0. The van der Waals surface area contributed by atoms with E-state index < -0.39 is 0 Å². The average Bonchev–Trinajstić information content (AvgIpc) is 2.30. The molecule has 0 aliphatic carbocycles. The lowest BCUT2D eigenvalue weighted by Crippen LogP contribution is -2.48. The van der Waals surface area contributed by atoms with Crippen LogP contribution in [-0.4, -0.2) is 32.6 Å². The summed E-state index contributed by atoms with van der Waals surface area (Å²) < 4.78 is 0. The fraction of sp³-hybridized carbons (Fsp3) is 0.417. The molecule has 1 unspecified atom stereocenters. The lowest BCUT2D eigenvalue weighted by Gasteiger charge is -2.22. The number of nitrogens with one attached hydrogen (secondary N) is 1. The molecular formula is C12H19N3O. The normalized spacial score (nSPS) is 12.2. The summed E-state index contributed by atoms with van der Waals surface area (Å²) in [5.74, 6) is -0.0196. The molecule has 0 bridgehead atoms. The van der Waals surface area contributed by atoms with Gasteiger partial charge in [0.1, 0.15) is 0 Å². The van der Waals surface area contributed by atoms with Crippen LogP contribution < -0.4 is 16.0 Å². The number of anilines is 1. The van der Waals surface area contributed by atoms with Crippen LogP contribution in [0.3, 0.4) is 0 Å². The van der Waals surface area contributed by atoms with Gasteiger partial charge in [-0.05, 0) is 26.1 Å². The largest absolute Gasteiger partial charge is 0.328 e. The van der Waals surface area contributed by atoms with Crippen molar-refractivity contribution in [3.8, 4) is 0 Å². The van der Waals surface area contributed by atoms with Gasteiger partial charge in [0.25, 0.3) is 0 Å². The highest BCUT2D eigenvalue weighted by Gasteiger charge is 2.19. The van der Waals surface area contributed by atoms with E-state index in [1.54, 1.807) is 19.0 Å². The van der Waals surface area contributed by atoms with Gasteiger partial charge < -0.3 is 16.0 Å². The van der Waals surface area contributed by atoms with Gasteiger partial charge in [-0.2, -0.15) is 0 Å². The number of aryl methyl sites for hydroxylation is 1. The van der Waals surface area contributed by atoms with Gasteiger partial charge in [0.2, 0.25) is 5.91 Å². The van der Waals surface area contributed by atoms with Crippen molar-refractivity contribution in [2.45, 2.75) is 13.0 Å². The van der Waals surface area contributed by atoms with Gasteiger partial charge in [-0.15, -0.1) is 0 Å². The van der Waals surface area contributed by atoms with Crippen molar-refractivity contribution in [3.05, 3.63) is 29.8 Å². The second kappa shape index (κ2) is 5.63. The Kier molecular flexibility index (Phi) is 4.46. The molecule has 1 rings (SSSR count). The Morgan fingerprint density at radius 3 is 2.44 bits per heavy atom. The van der Waals surface area contributed by atoms with Crippen LogP contribution in [0.2, 0.25) is 0 Å². The van der Waals surface area contributed by atoms with Gasteiger partial charge in [-0.1, -0.05) is 17.7 Å². The number of benzene rings is 1. The highest BCUT2D eigenvalue weighted by atomic mass is 16.2. The Balaban J connectivity index is 2.81. The van der Waals surface area contributed by atoms with Gasteiger partial charge in [0.15, 0.2) is 0 Å². The number of hydrogen-bond acceptors (Lipinski definition) is 3. The molecule has 0 heterocycles. The van der Waals surface area contributed by atoms with Crippen LogP contribution in [0, 0.1) is 6.92 Å². The monoisotopic (exact) mass is 221 g/mol. The predicted octanol–water partition coefficient (Wildman–Crippen LogP) is 0.505. The number of rotatable bonds is 4. The van der Waals surface area contributed by atoms with Crippen LogP contribution >= 0.6 is 0 Å². The van der Waals surface area contributed by atoms with Crippen molar-refractivity contribution >= 4 is 11.6 Å². The summed E-state index contributed by atoms with van der Waals surface area (Å²) in [6, 6.07) is 7.49. The Bertz CT molecular complexity index is 344. The van der Waals surface area contributed by atoms with Crippen molar-refractivity contribution in [2.24, 2.45) is 5.73 Å². The number of nitrogens with two attached hydrogens (primary N) is 1. The minimum Gasteiger partial charge on any atom is -0.328 e. The van der Waals surface area contributed by atoms with Crippen molar-refractivity contribution in [1.29, 1.82) is 0 Å². The Labute approximate surface area is 96.4 Å². The number of hydrogen-bond donors (Lipinski definition) is 2. The van der Waals surface area contributed by atoms with E-state index in [1.165, 1.54) is 5.56 Å². The zero-order valence-corrected chi connectivity index (χ0v) is 10.0. The number of nitrogens with zero attached hydrogens (tertiary/aromatic N) is 1. The maximum absolute atomic E-state index is 12.0. The maximum atomic E-state index is 12.0. The highest BCUT2D eigenvalue weighted by Crippen LogP contribution is 2.14. The number of amides is 1. The summed E-state index contributed by atoms with van der Waals surface area (Å²) in [6.45, 7) is 2.31. The first-order chi connectivity index (χ1) is 7.60. The van der Waals surface area contributed by atoms with Crippen molar-refractivity contribution < 1.29 is 4.79 Å². The molecule has 1 amide bonds. The molecule has 16 heavy (non-hydrogen) atoms. The van der Waals surface area contributed by atoms with Crippen molar-refractivity contribution in [3.63, 3.8) is 0 Å². The summed E-state index contributed by atoms with van der Waals surface area (Å²) >= 11 is 0. The summed E-state index contributed by atoms with van der Waals surface area (Å²) in [5, 5.41) is 2.90. The van der Waals surface area contributed by atoms with Crippen LogP contribution in [0.25, 0.3) is 0 Å². The maximum Gasteiger partial charge on any atom is 0.245 e. The second-order valence-electron chi connectivity index (χ2n) is 3.81. The molecule has 0 aromatic heterocycles. The summed E-state index contributed by atoms with van der Waals surface area (Å²) in [6.07, 6.45) is 0. The Morgan fingerprint density at radius 1 is 1.44 bits per heavy atom. The van der Waals surface area contributed by atoms with Gasteiger partial charge in [-0.25, -0.2) is 0 Å². The fourth-order valence-corrected chi connectivity index (χ4v) is 1.47. The lowest BCUT2D eigenvalue weighted by molar-refractivity contribution is -0.119. The van der Waals surface area contributed by atoms with Gasteiger partial charge in [0.05, 0.1) is 6.04 Å². The SMILES string of the molecule is CNC(CN)C(=O)N(C)c1ccc(C)cc1. The van der Waals surface area contributed by atoms with E-state index in [1.807, 2.05) is 31.2 Å². The quantitative estimate of drug-likeness (QED) is 0.778. The minimum absolute atomic E-state index is 0.0196.